The molecule has 3 aliphatic rings. The Labute approximate surface area is 83.3 Å². The Morgan fingerprint density at radius 3 is 2.86 bits per heavy atom. The summed E-state index contributed by atoms with van der Waals surface area (Å²) < 4.78 is 13.1. The standard InChI is InChI=1S/C12H14FN/c13-11-3-1-2-10(4-11)12-5-9(6-12)7-14-8-12/h1-4,9,14H,5-8H2. The van der Waals surface area contributed by atoms with Crippen molar-refractivity contribution in [3.63, 3.8) is 0 Å². The number of benzene rings is 1. The van der Waals surface area contributed by atoms with Gasteiger partial charge in [-0.05, 0) is 43.0 Å². The van der Waals surface area contributed by atoms with E-state index in [1.807, 2.05) is 6.07 Å². The van der Waals surface area contributed by atoms with E-state index in [1.165, 1.54) is 24.5 Å². The van der Waals surface area contributed by atoms with Gasteiger partial charge in [0, 0.05) is 12.0 Å². The second-order valence-corrected chi connectivity index (χ2v) is 4.70. The van der Waals surface area contributed by atoms with E-state index in [1.54, 1.807) is 6.07 Å². The van der Waals surface area contributed by atoms with Gasteiger partial charge in [0.2, 0.25) is 0 Å². The zero-order valence-corrected chi connectivity index (χ0v) is 8.09. The van der Waals surface area contributed by atoms with Crippen LogP contribution in [-0.4, -0.2) is 13.1 Å². The van der Waals surface area contributed by atoms with Crippen molar-refractivity contribution in [3.8, 4) is 0 Å². The predicted octanol–water partition coefficient (Wildman–Crippen LogP) is 2.08. The van der Waals surface area contributed by atoms with E-state index in [-0.39, 0.29) is 11.2 Å². The van der Waals surface area contributed by atoms with E-state index in [9.17, 15) is 4.39 Å². The highest BCUT2D eigenvalue weighted by Gasteiger charge is 2.48. The maximum Gasteiger partial charge on any atom is 0.123 e. The lowest BCUT2D eigenvalue weighted by molar-refractivity contribution is 0.0898. The van der Waals surface area contributed by atoms with Crippen molar-refractivity contribution < 1.29 is 4.39 Å². The Morgan fingerprint density at radius 2 is 2.21 bits per heavy atom. The smallest absolute Gasteiger partial charge is 0.123 e. The minimum Gasteiger partial charge on any atom is -0.316 e. The van der Waals surface area contributed by atoms with Gasteiger partial charge < -0.3 is 5.32 Å². The lowest BCUT2D eigenvalue weighted by atomic mass is 9.56. The Balaban J connectivity index is 1.95. The van der Waals surface area contributed by atoms with Gasteiger partial charge in [-0.15, -0.1) is 0 Å². The Morgan fingerprint density at radius 1 is 1.36 bits per heavy atom. The van der Waals surface area contributed by atoms with Crippen LogP contribution in [0.15, 0.2) is 24.3 Å². The van der Waals surface area contributed by atoms with E-state index >= 15 is 0 Å². The first-order valence-corrected chi connectivity index (χ1v) is 5.25. The fourth-order valence-corrected chi connectivity index (χ4v) is 3.01. The summed E-state index contributed by atoms with van der Waals surface area (Å²) >= 11 is 0. The lowest BCUT2D eigenvalue weighted by Gasteiger charge is -2.53. The van der Waals surface area contributed by atoms with E-state index < -0.39 is 0 Å². The van der Waals surface area contributed by atoms with Crippen LogP contribution in [0.25, 0.3) is 0 Å². The second kappa shape index (κ2) is 2.80. The Hall–Kier alpha value is -0.890. The van der Waals surface area contributed by atoms with Crippen molar-refractivity contribution in [2.24, 2.45) is 5.92 Å². The molecule has 1 N–H and O–H groups in total. The summed E-state index contributed by atoms with van der Waals surface area (Å²) in [5, 5.41) is 3.42. The molecule has 1 aliphatic carbocycles. The van der Waals surface area contributed by atoms with E-state index in [0.717, 1.165) is 19.0 Å². The molecule has 0 unspecified atom stereocenters. The molecule has 2 heterocycles. The molecule has 0 radical (unpaired) electrons. The van der Waals surface area contributed by atoms with Gasteiger partial charge in [0.05, 0.1) is 0 Å². The van der Waals surface area contributed by atoms with Gasteiger partial charge in [-0.3, -0.25) is 0 Å². The molecule has 0 spiro atoms. The number of fused-ring (bicyclic) bond motifs is 2. The molecule has 2 aliphatic heterocycles. The first-order chi connectivity index (χ1) is 6.78. The van der Waals surface area contributed by atoms with Crippen molar-refractivity contribution >= 4 is 0 Å². The topological polar surface area (TPSA) is 12.0 Å². The van der Waals surface area contributed by atoms with Gasteiger partial charge in [0.25, 0.3) is 0 Å². The summed E-state index contributed by atoms with van der Waals surface area (Å²) in [4.78, 5) is 0. The van der Waals surface area contributed by atoms with Gasteiger partial charge in [0.1, 0.15) is 5.82 Å². The van der Waals surface area contributed by atoms with E-state index in [0.29, 0.717) is 0 Å². The van der Waals surface area contributed by atoms with Crippen LogP contribution in [0.2, 0.25) is 0 Å². The van der Waals surface area contributed by atoms with Crippen LogP contribution in [0, 0.1) is 11.7 Å². The number of rotatable bonds is 1. The third-order valence-electron chi connectivity index (χ3n) is 3.69. The van der Waals surface area contributed by atoms with Crippen molar-refractivity contribution in [3.05, 3.63) is 35.6 Å². The monoisotopic (exact) mass is 191 g/mol. The molecule has 0 atom stereocenters. The fraction of sp³-hybridized carbons (Fsp3) is 0.500. The minimum absolute atomic E-state index is 0.106. The van der Waals surface area contributed by atoms with Crippen molar-refractivity contribution in [2.45, 2.75) is 18.3 Å². The molecule has 1 saturated carbocycles. The normalized spacial score (nSPS) is 35.1. The molecular weight excluding hydrogens is 177 g/mol. The van der Waals surface area contributed by atoms with Crippen LogP contribution in [0.5, 0.6) is 0 Å². The quantitative estimate of drug-likeness (QED) is 0.716. The average molecular weight is 191 g/mol. The maximum atomic E-state index is 13.1. The fourth-order valence-electron chi connectivity index (χ4n) is 3.01. The first-order valence-electron chi connectivity index (χ1n) is 5.25. The number of nitrogens with one attached hydrogen (secondary N) is 1. The lowest BCUT2D eigenvalue weighted by Crippen LogP contribution is -2.57. The van der Waals surface area contributed by atoms with Crippen LogP contribution in [0.1, 0.15) is 18.4 Å². The van der Waals surface area contributed by atoms with E-state index in [2.05, 4.69) is 11.4 Å². The largest absolute Gasteiger partial charge is 0.316 e. The molecular formula is C12H14FN. The third-order valence-corrected chi connectivity index (χ3v) is 3.69. The highest BCUT2D eigenvalue weighted by Crippen LogP contribution is 2.49. The maximum absolute atomic E-state index is 13.1. The SMILES string of the molecule is Fc1cccc(C23CNCC(C2)C3)c1. The van der Waals surface area contributed by atoms with Crippen LogP contribution in [0.3, 0.4) is 0 Å². The Bertz CT molecular complexity index is 350. The summed E-state index contributed by atoms with van der Waals surface area (Å²) in [5.74, 6) is 0.720. The van der Waals surface area contributed by atoms with Crippen molar-refractivity contribution in [2.75, 3.05) is 13.1 Å². The molecule has 0 aromatic heterocycles. The van der Waals surface area contributed by atoms with Gasteiger partial charge >= 0.3 is 0 Å². The van der Waals surface area contributed by atoms with Crippen LogP contribution < -0.4 is 5.32 Å². The number of hydrogen-bond acceptors (Lipinski definition) is 1. The molecule has 1 nitrogen and oxygen atoms in total. The molecule has 2 bridgehead atoms. The zero-order valence-electron chi connectivity index (χ0n) is 8.09. The highest BCUT2D eigenvalue weighted by molar-refractivity contribution is 5.31. The van der Waals surface area contributed by atoms with Crippen LogP contribution in [-0.2, 0) is 5.41 Å². The van der Waals surface area contributed by atoms with Gasteiger partial charge in [-0.1, -0.05) is 12.1 Å². The second-order valence-electron chi connectivity index (χ2n) is 4.70. The zero-order chi connectivity index (χ0) is 9.60. The van der Waals surface area contributed by atoms with E-state index in [4.69, 9.17) is 0 Å². The van der Waals surface area contributed by atoms with Crippen molar-refractivity contribution in [1.29, 1.82) is 0 Å². The number of piperidine rings is 2. The number of halogens is 1. The van der Waals surface area contributed by atoms with Gasteiger partial charge in [0.15, 0.2) is 0 Å². The molecule has 1 aromatic rings. The van der Waals surface area contributed by atoms with Gasteiger partial charge in [-0.2, -0.15) is 0 Å². The Kier molecular flexibility index (Phi) is 1.68. The van der Waals surface area contributed by atoms with Crippen LogP contribution in [0.4, 0.5) is 4.39 Å². The molecule has 0 amide bonds. The molecule has 14 heavy (non-hydrogen) atoms. The first kappa shape index (κ1) is 8.42. The summed E-state index contributed by atoms with van der Waals surface area (Å²) in [6, 6.07) is 7.10. The predicted molar refractivity (Wildman–Crippen MR) is 53.7 cm³/mol. The van der Waals surface area contributed by atoms with Crippen LogP contribution >= 0.6 is 0 Å². The van der Waals surface area contributed by atoms with Gasteiger partial charge in [-0.25, -0.2) is 4.39 Å². The minimum atomic E-state index is -0.106. The summed E-state index contributed by atoms with van der Waals surface area (Å²) in [6.45, 7) is 2.17. The molecule has 2 saturated heterocycles. The highest BCUT2D eigenvalue weighted by atomic mass is 19.1. The molecule has 74 valence electrons. The molecule has 1 aromatic carbocycles. The molecule has 3 fully saturated rings. The average Bonchev–Trinajstić information content (AvgIpc) is 2.17. The summed E-state index contributed by atoms with van der Waals surface area (Å²) in [7, 11) is 0. The molecule has 2 heteroatoms. The number of hydrogen-bond donors (Lipinski definition) is 1. The third kappa shape index (κ3) is 1.10. The molecule has 4 rings (SSSR count). The van der Waals surface area contributed by atoms with Crippen molar-refractivity contribution in [1.82, 2.24) is 5.32 Å². The summed E-state index contributed by atoms with van der Waals surface area (Å²) in [6.07, 6.45) is 2.48. The summed E-state index contributed by atoms with van der Waals surface area (Å²) in [5.41, 5.74) is 1.44.